The molecule has 0 aliphatic carbocycles. The molecule has 0 saturated carbocycles. The number of hydrogen-bond donors (Lipinski definition) is 3. The van der Waals surface area contributed by atoms with E-state index in [1.807, 2.05) is 0 Å². The van der Waals surface area contributed by atoms with Crippen molar-refractivity contribution in [2.24, 2.45) is 0 Å². The van der Waals surface area contributed by atoms with E-state index in [9.17, 15) is 20.1 Å². The van der Waals surface area contributed by atoms with Gasteiger partial charge in [-0.25, -0.2) is 9.69 Å². The zero-order valence-electron chi connectivity index (χ0n) is 20.5. The summed E-state index contributed by atoms with van der Waals surface area (Å²) in [5, 5.41) is 29.7. The Morgan fingerprint density at radius 1 is 0.806 bits per heavy atom. The molecule has 4 atom stereocenters. The van der Waals surface area contributed by atoms with E-state index in [0.717, 1.165) is 32.1 Å². The molecule has 0 aliphatic heterocycles. The Morgan fingerprint density at radius 3 is 1.77 bits per heavy atom. The summed E-state index contributed by atoms with van der Waals surface area (Å²) in [6.07, 6.45) is 15.7. The lowest BCUT2D eigenvalue weighted by Gasteiger charge is -2.35. The number of hydrogen-bond acceptors (Lipinski definition) is 6. The molecule has 0 spiro atoms. The first-order valence-corrected chi connectivity index (χ1v) is 12.5. The number of aliphatic hydroxyl groups excluding tert-OH is 3. The second-order valence-corrected chi connectivity index (χ2v) is 8.55. The van der Waals surface area contributed by atoms with Crippen molar-refractivity contribution in [3.63, 3.8) is 0 Å². The van der Waals surface area contributed by atoms with Crippen LogP contribution in [-0.4, -0.2) is 51.0 Å². The van der Waals surface area contributed by atoms with Gasteiger partial charge in [-0.1, -0.05) is 77.4 Å². The van der Waals surface area contributed by atoms with Gasteiger partial charge in [-0.3, -0.25) is 0 Å². The summed E-state index contributed by atoms with van der Waals surface area (Å²) < 4.78 is 5.32. The van der Waals surface area contributed by atoms with Crippen LogP contribution < -0.4 is 0 Å². The highest BCUT2D eigenvalue weighted by Crippen LogP contribution is 2.15. The van der Waals surface area contributed by atoms with Gasteiger partial charge < -0.3 is 20.1 Å². The zero-order chi connectivity index (χ0) is 23.5. The van der Waals surface area contributed by atoms with Gasteiger partial charge in [0.25, 0.3) is 0 Å². The topological polar surface area (TPSA) is 90.2 Å². The minimum atomic E-state index is -1.17. The van der Waals surface area contributed by atoms with Crippen LogP contribution in [0.5, 0.6) is 0 Å². The molecule has 184 valence electrons. The predicted octanol–water partition coefficient (Wildman–Crippen LogP) is 5.25. The highest BCUT2D eigenvalue weighted by Gasteiger charge is 2.29. The Labute approximate surface area is 190 Å². The van der Waals surface area contributed by atoms with Crippen LogP contribution in [-0.2, 0) is 9.53 Å². The van der Waals surface area contributed by atoms with Crippen molar-refractivity contribution in [1.29, 1.82) is 0 Å². The smallest absolute Gasteiger partial charge is 0.336 e. The molecular formula is C25H49NO5. The second kappa shape index (κ2) is 19.7. The first-order valence-electron chi connectivity index (χ1n) is 12.5. The predicted molar refractivity (Wildman–Crippen MR) is 126 cm³/mol. The zero-order valence-corrected chi connectivity index (χ0v) is 20.5. The normalized spacial score (nSPS) is 15.9. The van der Waals surface area contributed by atoms with Crippen LogP contribution in [0.15, 0.2) is 12.2 Å². The van der Waals surface area contributed by atoms with Gasteiger partial charge in [-0.15, -0.1) is 0 Å². The molecule has 0 aromatic heterocycles. The van der Waals surface area contributed by atoms with Crippen LogP contribution in [0.2, 0.25) is 0 Å². The van der Waals surface area contributed by atoms with Crippen molar-refractivity contribution < 1.29 is 24.9 Å². The molecule has 0 fully saturated rings. The molecule has 3 N–H and O–H groups in total. The summed E-state index contributed by atoms with van der Waals surface area (Å²) in [6.45, 7) is 7.05. The standard InChI is InChI=1S/C25H49NO5/c1-5-7-8-9-10-11-12-13-14-15-16-17-18-19-20-23(29)25(30)31-24(6-2)26(21(3)27)22(4)28/h13-14,21-24,27-29H,5-12,15-20H2,1-4H3/b14-13-. The van der Waals surface area contributed by atoms with Crippen molar-refractivity contribution in [1.82, 2.24) is 4.90 Å². The van der Waals surface area contributed by atoms with Crippen LogP contribution in [0.1, 0.15) is 118 Å². The SMILES string of the molecule is CCCCCCCC/C=C\CCCCCCC(O)C(=O)OC(CC)N(C(C)O)C(C)O. The van der Waals surface area contributed by atoms with Crippen LogP contribution in [0.25, 0.3) is 0 Å². The van der Waals surface area contributed by atoms with Gasteiger partial charge in [-0.05, 0) is 52.4 Å². The van der Waals surface area contributed by atoms with Gasteiger partial charge >= 0.3 is 5.97 Å². The summed E-state index contributed by atoms with van der Waals surface area (Å²) in [6, 6.07) is 0. The lowest BCUT2D eigenvalue weighted by Crippen LogP contribution is -2.49. The number of unbranched alkanes of at least 4 members (excludes halogenated alkanes) is 10. The van der Waals surface area contributed by atoms with Crippen molar-refractivity contribution >= 4 is 5.97 Å². The molecule has 0 radical (unpaired) electrons. The van der Waals surface area contributed by atoms with Gasteiger partial charge in [-0.2, -0.15) is 0 Å². The number of ether oxygens (including phenoxy) is 1. The van der Waals surface area contributed by atoms with Crippen LogP contribution in [0.4, 0.5) is 0 Å². The van der Waals surface area contributed by atoms with E-state index in [4.69, 9.17) is 4.74 Å². The number of rotatable bonds is 20. The Morgan fingerprint density at radius 2 is 1.29 bits per heavy atom. The van der Waals surface area contributed by atoms with Crippen molar-refractivity contribution in [3.05, 3.63) is 12.2 Å². The van der Waals surface area contributed by atoms with E-state index >= 15 is 0 Å². The van der Waals surface area contributed by atoms with E-state index in [1.54, 1.807) is 6.92 Å². The van der Waals surface area contributed by atoms with Crippen molar-refractivity contribution in [3.8, 4) is 0 Å². The molecule has 0 heterocycles. The first-order chi connectivity index (χ1) is 14.8. The van der Waals surface area contributed by atoms with Gasteiger partial charge in [0.2, 0.25) is 0 Å². The number of allylic oxidation sites excluding steroid dienone is 2. The maximum Gasteiger partial charge on any atom is 0.336 e. The first kappa shape index (κ1) is 30.0. The van der Waals surface area contributed by atoms with Crippen molar-refractivity contribution in [2.75, 3.05) is 0 Å². The molecule has 0 amide bonds. The summed E-state index contributed by atoms with van der Waals surface area (Å²) in [4.78, 5) is 13.5. The monoisotopic (exact) mass is 443 g/mol. The molecule has 4 unspecified atom stereocenters. The fourth-order valence-corrected chi connectivity index (χ4v) is 3.71. The van der Waals surface area contributed by atoms with Gasteiger partial charge in [0.1, 0.15) is 12.5 Å². The summed E-state index contributed by atoms with van der Waals surface area (Å²) in [7, 11) is 0. The van der Waals surface area contributed by atoms with E-state index in [2.05, 4.69) is 19.1 Å². The number of carbonyl (C=O) groups is 1. The molecule has 6 nitrogen and oxygen atoms in total. The highest BCUT2D eigenvalue weighted by molar-refractivity contribution is 5.74. The Hall–Kier alpha value is -0.950. The lowest BCUT2D eigenvalue weighted by atomic mass is 10.1. The number of carbonyl (C=O) groups excluding carboxylic acids is 1. The Kier molecular flexibility index (Phi) is 19.1. The second-order valence-electron chi connectivity index (χ2n) is 8.55. The molecule has 0 aromatic rings. The third-order valence-electron chi connectivity index (χ3n) is 5.56. The molecule has 31 heavy (non-hydrogen) atoms. The molecule has 0 rings (SSSR count). The third kappa shape index (κ3) is 15.5. The van der Waals surface area contributed by atoms with E-state index in [1.165, 1.54) is 63.7 Å². The molecule has 0 bridgehead atoms. The number of aliphatic hydroxyl groups is 3. The molecule has 0 aromatic carbocycles. The van der Waals surface area contributed by atoms with Gasteiger partial charge in [0.15, 0.2) is 12.3 Å². The van der Waals surface area contributed by atoms with E-state index < -0.39 is 30.8 Å². The van der Waals surface area contributed by atoms with Gasteiger partial charge in [0, 0.05) is 0 Å². The fraction of sp³-hybridized carbons (Fsp3) is 0.880. The Balaban J connectivity index is 3.85. The highest BCUT2D eigenvalue weighted by atomic mass is 16.6. The van der Waals surface area contributed by atoms with E-state index in [-0.39, 0.29) is 0 Å². The fourth-order valence-electron chi connectivity index (χ4n) is 3.71. The van der Waals surface area contributed by atoms with Crippen LogP contribution in [0.3, 0.4) is 0 Å². The Bertz CT molecular complexity index is 445. The molecular weight excluding hydrogens is 394 g/mol. The van der Waals surface area contributed by atoms with Crippen LogP contribution in [0, 0.1) is 0 Å². The maximum absolute atomic E-state index is 12.2. The molecule has 0 aliphatic rings. The number of nitrogens with zero attached hydrogens (tertiary/aromatic N) is 1. The summed E-state index contributed by atoms with van der Waals surface area (Å²) in [5.74, 6) is -0.698. The lowest BCUT2D eigenvalue weighted by molar-refractivity contribution is -0.202. The van der Waals surface area contributed by atoms with Crippen LogP contribution >= 0.6 is 0 Å². The summed E-state index contributed by atoms with van der Waals surface area (Å²) >= 11 is 0. The number of esters is 1. The minimum Gasteiger partial charge on any atom is -0.444 e. The van der Waals surface area contributed by atoms with E-state index in [0.29, 0.717) is 12.8 Å². The molecule has 6 heteroatoms. The largest absolute Gasteiger partial charge is 0.444 e. The quantitative estimate of drug-likeness (QED) is 0.103. The minimum absolute atomic E-state index is 0.368. The maximum atomic E-state index is 12.2. The average Bonchev–Trinajstić information content (AvgIpc) is 2.72. The molecule has 0 saturated heterocycles. The van der Waals surface area contributed by atoms with Gasteiger partial charge in [0.05, 0.1) is 0 Å². The van der Waals surface area contributed by atoms with Crippen molar-refractivity contribution in [2.45, 2.75) is 142 Å². The third-order valence-corrected chi connectivity index (χ3v) is 5.56. The summed E-state index contributed by atoms with van der Waals surface area (Å²) in [5.41, 5.74) is 0. The average molecular weight is 444 g/mol.